The summed E-state index contributed by atoms with van der Waals surface area (Å²) in [5.74, 6) is -0.00110. The highest BCUT2D eigenvalue weighted by atomic mass is 32.2. The van der Waals surface area contributed by atoms with Gasteiger partial charge >= 0.3 is 5.97 Å². The highest BCUT2D eigenvalue weighted by molar-refractivity contribution is 7.99. The Kier molecular flexibility index (Phi) is 8.14. The van der Waals surface area contributed by atoms with Crippen molar-refractivity contribution in [3.63, 3.8) is 0 Å². The molecule has 2 aromatic heterocycles. The minimum Gasteiger partial charge on any atom is -0.458 e. The van der Waals surface area contributed by atoms with Crippen LogP contribution in [0.2, 0.25) is 0 Å². The lowest BCUT2D eigenvalue weighted by Gasteiger charge is -2.71. The van der Waals surface area contributed by atoms with Crippen molar-refractivity contribution in [1.29, 1.82) is 0 Å². The molecule has 9 rings (SSSR count). The fourth-order valence-electron chi connectivity index (χ4n) is 9.55. The molecule has 0 spiro atoms. The van der Waals surface area contributed by atoms with Crippen LogP contribution in [-0.2, 0) is 48.1 Å². The second-order valence-electron chi connectivity index (χ2n) is 15.8. The third-order valence-corrected chi connectivity index (χ3v) is 12.7. The molecule has 1 aromatic carbocycles. The average molecular weight is 730 g/mol. The molecule has 0 unspecified atom stereocenters. The Balaban J connectivity index is 1.09. The Bertz CT molecular complexity index is 2140. The fraction of sp³-hybridized carbons (Fsp3) is 0.538. The van der Waals surface area contributed by atoms with Crippen LogP contribution in [0.4, 0.5) is 0 Å². The largest absolute Gasteiger partial charge is 0.458 e. The first-order chi connectivity index (χ1) is 24.7. The summed E-state index contributed by atoms with van der Waals surface area (Å²) < 4.78 is 18.4. The van der Waals surface area contributed by atoms with E-state index in [1.54, 1.807) is 24.5 Å². The number of hydrogen-bond donors (Lipinski definition) is 2. The number of esters is 1. The number of ketones is 2. The van der Waals surface area contributed by atoms with Crippen LogP contribution in [0.3, 0.4) is 0 Å². The zero-order chi connectivity index (χ0) is 36.9. The normalized spacial score (nSPS) is 25.7. The van der Waals surface area contributed by atoms with Crippen LogP contribution in [0.5, 0.6) is 11.5 Å². The molecule has 13 heteroatoms. The molecule has 0 saturated heterocycles. The van der Waals surface area contributed by atoms with E-state index in [1.165, 1.54) is 11.8 Å². The van der Waals surface area contributed by atoms with Gasteiger partial charge in [-0.15, -0.1) is 0 Å². The van der Waals surface area contributed by atoms with Gasteiger partial charge < -0.3 is 29.2 Å². The van der Waals surface area contributed by atoms with E-state index in [4.69, 9.17) is 19.2 Å². The Labute approximate surface area is 305 Å². The molecule has 3 aromatic rings. The van der Waals surface area contributed by atoms with Crippen LogP contribution < -0.4 is 20.3 Å². The van der Waals surface area contributed by atoms with Crippen molar-refractivity contribution >= 4 is 46.1 Å². The summed E-state index contributed by atoms with van der Waals surface area (Å²) >= 11 is 1.44. The lowest BCUT2D eigenvalue weighted by molar-refractivity contribution is -0.172. The van der Waals surface area contributed by atoms with E-state index in [0.717, 1.165) is 35.8 Å². The van der Waals surface area contributed by atoms with E-state index in [2.05, 4.69) is 5.32 Å². The van der Waals surface area contributed by atoms with Crippen LogP contribution in [0.1, 0.15) is 88.5 Å². The molecule has 3 aliphatic carbocycles. The minimum absolute atomic E-state index is 0.0258. The number of amides is 1. The standard InChI is InChI=1S/C39H43N3O9S/c1-6-39(48)26-9-28-33-24(12-42(28)35(46)25(26)13-49-36(39)47)32(23-8-30-31(51-18-50-30)10-27(23)41-33)38-15-37(16-38,17-38)11-29(44)20(4)40-34(45)22(19(2)3)7-21(43)14-52-5/h8-10,19-20,22,48H,6-7,11-18H2,1-5H3,(H,40,45)/t20-,22-,37?,38?,39-/m0/s1. The fourth-order valence-corrected chi connectivity index (χ4v) is 9.99. The number of Topliss-reactive ketones (excluding diaryl/α,β-unsaturated/α-hetero) is 2. The maximum absolute atomic E-state index is 14.0. The quantitative estimate of drug-likeness (QED) is 0.200. The number of benzene rings is 1. The number of aromatic nitrogens is 2. The van der Waals surface area contributed by atoms with Gasteiger partial charge in [0.2, 0.25) is 12.7 Å². The number of rotatable bonds is 12. The van der Waals surface area contributed by atoms with Crippen molar-refractivity contribution < 1.29 is 38.5 Å². The molecule has 1 amide bonds. The molecular formula is C39H43N3O9S. The van der Waals surface area contributed by atoms with E-state index in [-0.39, 0.29) is 83.7 Å². The number of cyclic esters (lactones) is 1. The Morgan fingerprint density at radius 2 is 1.75 bits per heavy atom. The van der Waals surface area contributed by atoms with Gasteiger partial charge in [-0.25, -0.2) is 9.78 Å². The van der Waals surface area contributed by atoms with Crippen molar-refractivity contribution in [2.24, 2.45) is 17.3 Å². The van der Waals surface area contributed by atoms with Gasteiger partial charge in [-0.3, -0.25) is 19.2 Å². The van der Waals surface area contributed by atoms with Crippen LogP contribution in [0.15, 0.2) is 23.0 Å². The Morgan fingerprint density at radius 3 is 2.42 bits per heavy atom. The topological polar surface area (TPSA) is 163 Å². The molecule has 3 atom stereocenters. The number of nitrogens with zero attached hydrogens (tertiary/aromatic N) is 2. The summed E-state index contributed by atoms with van der Waals surface area (Å²) in [7, 11) is 0. The predicted molar refractivity (Wildman–Crippen MR) is 192 cm³/mol. The molecule has 12 nitrogen and oxygen atoms in total. The summed E-state index contributed by atoms with van der Waals surface area (Å²) in [6, 6.07) is 4.87. The summed E-state index contributed by atoms with van der Waals surface area (Å²) in [6.45, 7) is 7.41. The van der Waals surface area contributed by atoms with Crippen molar-refractivity contribution in [2.45, 2.75) is 96.4 Å². The minimum atomic E-state index is -1.93. The first-order valence-corrected chi connectivity index (χ1v) is 19.4. The average Bonchev–Trinajstić information content (AvgIpc) is 3.68. The number of thioether (sulfide) groups is 1. The molecule has 2 N–H and O–H groups in total. The number of nitrogens with one attached hydrogen (secondary N) is 1. The number of hydrogen-bond acceptors (Lipinski definition) is 11. The molecule has 274 valence electrons. The monoisotopic (exact) mass is 729 g/mol. The highest BCUT2D eigenvalue weighted by Gasteiger charge is 2.69. The van der Waals surface area contributed by atoms with Crippen LogP contribution in [0, 0.1) is 17.3 Å². The number of fused-ring (bicyclic) bond motifs is 6. The van der Waals surface area contributed by atoms with E-state index in [1.807, 2.05) is 32.2 Å². The maximum atomic E-state index is 14.0. The van der Waals surface area contributed by atoms with Gasteiger partial charge in [0.1, 0.15) is 12.4 Å². The van der Waals surface area contributed by atoms with Crippen molar-refractivity contribution in [3.8, 4) is 22.9 Å². The maximum Gasteiger partial charge on any atom is 0.343 e. The molecule has 3 aliphatic heterocycles. The lowest BCUT2D eigenvalue weighted by Crippen LogP contribution is -2.66. The Hall–Kier alpha value is -4.23. The number of aliphatic hydroxyl groups is 1. The first kappa shape index (κ1) is 34.8. The molecule has 3 saturated carbocycles. The smallest absolute Gasteiger partial charge is 0.343 e. The van der Waals surface area contributed by atoms with E-state index in [9.17, 15) is 29.1 Å². The van der Waals surface area contributed by atoms with Gasteiger partial charge in [0.15, 0.2) is 22.9 Å². The van der Waals surface area contributed by atoms with Crippen molar-refractivity contribution in [3.05, 3.63) is 50.8 Å². The Morgan fingerprint density at radius 1 is 1.04 bits per heavy atom. The third kappa shape index (κ3) is 5.13. The summed E-state index contributed by atoms with van der Waals surface area (Å²) in [6.07, 6.45) is 4.71. The molecule has 6 aliphatic rings. The number of carbonyl (C=O) groups is 4. The molecule has 52 heavy (non-hydrogen) atoms. The summed E-state index contributed by atoms with van der Waals surface area (Å²) in [5, 5.41) is 15.2. The third-order valence-electron chi connectivity index (χ3n) is 12.1. The molecule has 2 bridgehead atoms. The lowest BCUT2D eigenvalue weighted by atomic mass is 9.32. The molecule has 0 radical (unpaired) electrons. The SMILES string of the molecule is CC[C@@]1(O)C(=O)OCc2c1cc1n(c2=O)Cc2c-1nc1cc3c(cc1c2C12CC(CC(=O)[C@H](C)NC(=O)[C@@H](CC(=O)CSC)C(C)C)(C1)C2)OCO3. The van der Waals surface area contributed by atoms with Crippen molar-refractivity contribution in [2.75, 3.05) is 18.8 Å². The van der Waals surface area contributed by atoms with E-state index in [0.29, 0.717) is 40.6 Å². The zero-order valence-corrected chi connectivity index (χ0v) is 30.9. The van der Waals surface area contributed by atoms with Crippen LogP contribution in [-0.4, -0.2) is 62.9 Å². The van der Waals surface area contributed by atoms with E-state index >= 15 is 0 Å². The van der Waals surface area contributed by atoms with Gasteiger partial charge in [0.25, 0.3) is 5.56 Å². The van der Waals surface area contributed by atoms with Gasteiger partial charge in [0.05, 0.1) is 40.8 Å². The highest BCUT2D eigenvalue weighted by Crippen LogP contribution is 2.76. The van der Waals surface area contributed by atoms with Crippen molar-refractivity contribution in [1.82, 2.24) is 14.9 Å². The van der Waals surface area contributed by atoms with Gasteiger partial charge in [-0.2, -0.15) is 11.8 Å². The molecule has 3 fully saturated rings. The zero-order valence-electron chi connectivity index (χ0n) is 30.1. The van der Waals surface area contributed by atoms with E-state index < -0.39 is 23.5 Å². The number of carbonyl (C=O) groups excluding carboxylic acids is 4. The molecular weight excluding hydrogens is 687 g/mol. The summed E-state index contributed by atoms with van der Waals surface area (Å²) in [5.41, 5.74) is 1.67. The number of pyridine rings is 2. The first-order valence-electron chi connectivity index (χ1n) is 18.0. The van der Waals surface area contributed by atoms with Gasteiger partial charge in [-0.05, 0) is 73.3 Å². The van der Waals surface area contributed by atoms with Crippen LogP contribution in [0.25, 0.3) is 22.3 Å². The number of ether oxygens (including phenoxy) is 3. The second-order valence-corrected chi connectivity index (χ2v) is 16.7. The summed E-state index contributed by atoms with van der Waals surface area (Å²) in [4.78, 5) is 70.9. The second kappa shape index (κ2) is 12.2. The predicted octanol–water partition coefficient (Wildman–Crippen LogP) is 4.29. The molecule has 5 heterocycles. The van der Waals surface area contributed by atoms with Gasteiger partial charge in [0, 0.05) is 41.3 Å². The van der Waals surface area contributed by atoms with Gasteiger partial charge in [-0.1, -0.05) is 20.8 Å². The van der Waals surface area contributed by atoms with Crippen LogP contribution >= 0.6 is 11.8 Å².